The van der Waals surface area contributed by atoms with Crippen LogP contribution in [0.5, 0.6) is 0 Å². The Morgan fingerprint density at radius 1 is 1.20 bits per heavy atom. The van der Waals surface area contributed by atoms with Crippen LogP contribution in [0, 0.1) is 11.6 Å². The molecule has 1 saturated heterocycles. The highest BCUT2D eigenvalue weighted by Gasteiger charge is 2.22. The predicted octanol–water partition coefficient (Wildman–Crippen LogP) is 2.35. The van der Waals surface area contributed by atoms with Crippen molar-refractivity contribution in [2.75, 3.05) is 43.9 Å². The molecule has 186 valence electrons. The maximum atomic E-state index is 13.8. The smallest absolute Gasteiger partial charge is 0.274 e. The highest BCUT2D eigenvalue weighted by atomic mass is 19.1. The van der Waals surface area contributed by atoms with Gasteiger partial charge in [0.1, 0.15) is 28.7 Å². The molecule has 1 fully saturated rings. The van der Waals surface area contributed by atoms with Crippen LogP contribution in [0.2, 0.25) is 0 Å². The molecule has 3 rings (SSSR count). The molecule has 1 aliphatic rings. The molecule has 1 aromatic heterocycles. The summed E-state index contributed by atoms with van der Waals surface area (Å²) in [5, 5.41) is 8.77. The lowest BCUT2D eigenvalue weighted by Crippen LogP contribution is -2.42. The van der Waals surface area contributed by atoms with E-state index in [1.54, 1.807) is 12.3 Å². The van der Waals surface area contributed by atoms with Gasteiger partial charge in [-0.25, -0.2) is 13.8 Å². The number of hydrogen-bond acceptors (Lipinski definition) is 7. The van der Waals surface area contributed by atoms with E-state index in [0.717, 1.165) is 49.8 Å². The molecule has 0 spiro atoms. The number of hydrazone groups is 1. The SMILES string of the molecule is C=CN/N=C(\CNC(=O)c1c(F)cccc1F)C(=O)Nc1ccc(N2CCC(N(C)C)CC2)cn1. The molecule has 11 heteroatoms. The van der Waals surface area contributed by atoms with Gasteiger partial charge in [-0.15, -0.1) is 0 Å². The molecule has 0 atom stereocenters. The summed E-state index contributed by atoms with van der Waals surface area (Å²) in [5.74, 6) is -3.39. The Balaban J connectivity index is 1.61. The molecule has 2 aromatic rings. The quantitative estimate of drug-likeness (QED) is 0.372. The van der Waals surface area contributed by atoms with Crippen LogP contribution in [0.25, 0.3) is 0 Å². The number of benzene rings is 1. The maximum absolute atomic E-state index is 13.8. The van der Waals surface area contributed by atoms with E-state index in [1.165, 1.54) is 6.20 Å². The van der Waals surface area contributed by atoms with Gasteiger partial charge in [-0.3, -0.25) is 15.0 Å². The van der Waals surface area contributed by atoms with E-state index in [4.69, 9.17) is 0 Å². The Morgan fingerprint density at radius 2 is 1.89 bits per heavy atom. The molecule has 0 saturated carbocycles. The maximum Gasteiger partial charge on any atom is 0.274 e. The lowest BCUT2D eigenvalue weighted by Gasteiger charge is -2.36. The average molecular weight is 486 g/mol. The zero-order valence-electron chi connectivity index (χ0n) is 19.7. The van der Waals surface area contributed by atoms with Gasteiger partial charge < -0.3 is 20.4 Å². The lowest BCUT2D eigenvalue weighted by atomic mass is 10.0. The summed E-state index contributed by atoms with van der Waals surface area (Å²) in [6, 6.07) is 7.21. The van der Waals surface area contributed by atoms with Crippen LogP contribution in [0.3, 0.4) is 0 Å². The van der Waals surface area contributed by atoms with Crippen LogP contribution in [0.15, 0.2) is 54.4 Å². The summed E-state index contributed by atoms with van der Waals surface area (Å²) in [7, 11) is 4.18. The van der Waals surface area contributed by atoms with Crippen LogP contribution in [0.1, 0.15) is 23.2 Å². The van der Waals surface area contributed by atoms with Crippen molar-refractivity contribution in [3.8, 4) is 0 Å². The number of nitrogens with zero attached hydrogens (tertiary/aromatic N) is 4. The summed E-state index contributed by atoms with van der Waals surface area (Å²) in [5.41, 5.74) is 2.50. The number of pyridine rings is 1. The second-order valence-corrected chi connectivity index (χ2v) is 8.21. The fraction of sp³-hybridized carbons (Fsp3) is 0.333. The predicted molar refractivity (Wildman–Crippen MR) is 131 cm³/mol. The molecular formula is C24H29F2N7O2. The minimum Gasteiger partial charge on any atom is -0.370 e. The van der Waals surface area contributed by atoms with Gasteiger partial charge in [0.25, 0.3) is 11.8 Å². The third kappa shape index (κ3) is 6.82. The molecule has 0 bridgehead atoms. The molecule has 0 aliphatic carbocycles. The zero-order valence-corrected chi connectivity index (χ0v) is 19.7. The van der Waals surface area contributed by atoms with Crippen molar-refractivity contribution < 1.29 is 18.4 Å². The van der Waals surface area contributed by atoms with Crippen LogP contribution >= 0.6 is 0 Å². The first-order chi connectivity index (χ1) is 16.8. The van der Waals surface area contributed by atoms with Gasteiger partial charge in [-0.1, -0.05) is 12.6 Å². The van der Waals surface area contributed by atoms with Gasteiger partial charge in [-0.05, 0) is 51.2 Å². The van der Waals surface area contributed by atoms with Crippen LogP contribution in [-0.2, 0) is 4.79 Å². The van der Waals surface area contributed by atoms with Crippen molar-refractivity contribution in [1.82, 2.24) is 20.6 Å². The molecule has 35 heavy (non-hydrogen) atoms. The Bertz CT molecular complexity index is 1060. The van der Waals surface area contributed by atoms with Gasteiger partial charge in [0.15, 0.2) is 0 Å². The monoisotopic (exact) mass is 485 g/mol. The fourth-order valence-corrected chi connectivity index (χ4v) is 3.74. The standard InChI is InChI=1S/C24H29F2N7O2/c1-4-29-31-20(15-28-24(35)22-18(25)6-5-7-19(22)26)23(34)30-21-9-8-17(14-27-21)33-12-10-16(11-13-33)32(2)3/h4-9,14,16,29H,1,10-13,15H2,2-3H3,(H,28,35)(H,27,30,34)/b31-20+. The van der Waals surface area contributed by atoms with Crippen molar-refractivity contribution in [2.45, 2.75) is 18.9 Å². The number of nitrogens with one attached hydrogen (secondary N) is 3. The third-order valence-corrected chi connectivity index (χ3v) is 5.71. The largest absolute Gasteiger partial charge is 0.370 e. The van der Waals surface area contributed by atoms with Gasteiger partial charge in [0.2, 0.25) is 0 Å². The average Bonchev–Trinajstić information content (AvgIpc) is 2.84. The van der Waals surface area contributed by atoms with Crippen molar-refractivity contribution in [3.63, 3.8) is 0 Å². The van der Waals surface area contributed by atoms with Crippen LogP contribution in [0.4, 0.5) is 20.3 Å². The molecule has 2 heterocycles. The first-order valence-corrected chi connectivity index (χ1v) is 11.1. The van der Waals surface area contributed by atoms with Gasteiger partial charge in [0, 0.05) is 25.3 Å². The zero-order chi connectivity index (χ0) is 25.4. The molecule has 3 N–H and O–H groups in total. The van der Waals surface area contributed by atoms with E-state index in [0.29, 0.717) is 11.9 Å². The minimum atomic E-state index is -1.01. The van der Waals surface area contributed by atoms with E-state index in [2.05, 4.69) is 56.6 Å². The van der Waals surface area contributed by atoms with E-state index in [1.807, 2.05) is 6.07 Å². The topological polar surface area (TPSA) is 102 Å². The highest BCUT2D eigenvalue weighted by molar-refractivity contribution is 6.44. The third-order valence-electron chi connectivity index (χ3n) is 5.71. The number of amides is 2. The molecule has 2 amide bonds. The number of rotatable bonds is 9. The minimum absolute atomic E-state index is 0.147. The first kappa shape index (κ1) is 25.8. The van der Waals surface area contributed by atoms with Crippen molar-refractivity contribution in [1.29, 1.82) is 0 Å². The Morgan fingerprint density at radius 3 is 2.46 bits per heavy atom. The van der Waals surface area contributed by atoms with Gasteiger partial charge >= 0.3 is 0 Å². The normalized spacial score (nSPS) is 14.5. The number of hydrogen-bond donors (Lipinski definition) is 3. The molecule has 9 nitrogen and oxygen atoms in total. The highest BCUT2D eigenvalue weighted by Crippen LogP contribution is 2.22. The summed E-state index contributed by atoms with van der Waals surface area (Å²) in [6.45, 7) is 4.90. The van der Waals surface area contributed by atoms with E-state index < -0.39 is 35.6 Å². The van der Waals surface area contributed by atoms with Crippen molar-refractivity contribution >= 4 is 29.0 Å². The molecule has 0 radical (unpaired) electrons. The molecule has 1 aliphatic heterocycles. The van der Waals surface area contributed by atoms with E-state index in [-0.39, 0.29) is 5.71 Å². The van der Waals surface area contributed by atoms with E-state index >= 15 is 0 Å². The number of carbonyl (C=O) groups is 2. The van der Waals surface area contributed by atoms with Gasteiger partial charge in [0.05, 0.1) is 18.4 Å². The molecule has 0 unspecified atom stereocenters. The molecular weight excluding hydrogens is 456 g/mol. The second-order valence-electron chi connectivity index (χ2n) is 8.21. The second kappa shape index (κ2) is 12.0. The van der Waals surface area contributed by atoms with Crippen LogP contribution in [-0.4, -0.2) is 67.2 Å². The first-order valence-electron chi connectivity index (χ1n) is 11.1. The number of halogens is 2. The Hall–Kier alpha value is -3.86. The fourth-order valence-electron chi connectivity index (χ4n) is 3.74. The lowest BCUT2D eigenvalue weighted by molar-refractivity contribution is -0.110. The van der Waals surface area contributed by atoms with Gasteiger partial charge in [-0.2, -0.15) is 5.10 Å². The Labute approximate surface area is 202 Å². The molecule has 1 aromatic carbocycles. The van der Waals surface area contributed by atoms with Crippen molar-refractivity contribution in [3.05, 3.63) is 66.5 Å². The summed E-state index contributed by atoms with van der Waals surface area (Å²) in [6.07, 6.45) is 5.04. The summed E-state index contributed by atoms with van der Waals surface area (Å²) in [4.78, 5) is 33.8. The van der Waals surface area contributed by atoms with E-state index in [9.17, 15) is 18.4 Å². The number of aromatic nitrogens is 1. The summed E-state index contributed by atoms with van der Waals surface area (Å²) < 4.78 is 27.7. The number of piperidine rings is 1. The van der Waals surface area contributed by atoms with Crippen LogP contribution < -0.4 is 21.0 Å². The number of anilines is 2. The Kier molecular flexibility index (Phi) is 8.85. The van der Waals surface area contributed by atoms with Crippen molar-refractivity contribution in [2.24, 2.45) is 5.10 Å². The number of carbonyl (C=O) groups excluding carboxylic acids is 2. The summed E-state index contributed by atoms with van der Waals surface area (Å²) >= 11 is 0.